The topological polar surface area (TPSA) is 58.2 Å². The fourth-order valence-corrected chi connectivity index (χ4v) is 4.62. The van der Waals surface area contributed by atoms with Crippen LogP contribution >= 0.6 is 12.4 Å². The van der Waals surface area contributed by atoms with Crippen molar-refractivity contribution >= 4 is 34.8 Å². The maximum Gasteiger partial charge on any atom is 0.228 e. The van der Waals surface area contributed by atoms with Crippen molar-refractivity contribution in [1.82, 2.24) is 5.32 Å². The molecule has 4 nitrogen and oxygen atoms in total. The van der Waals surface area contributed by atoms with Gasteiger partial charge in [-0.1, -0.05) is 38.3 Å². The van der Waals surface area contributed by atoms with Gasteiger partial charge in [0.15, 0.2) is 0 Å². The monoisotopic (exact) mass is 372 g/mol. The predicted molar refractivity (Wildman–Crippen MR) is 104 cm³/mol. The summed E-state index contributed by atoms with van der Waals surface area (Å²) in [6.45, 7) is 2.55. The van der Waals surface area contributed by atoms with Gasteiger partial charge in [0.25, 0.3) is 0 Å². The van der Waals surface area contributed by atoms with Crippen molar-refractivity contribution in [3.8, 4) is 0 Å². The highest BCUT2D eigenvalue weighted by Crippen LogP contribution is 2.24. The smallest absolute Gasteiger partial charge is 0.228 e. The van der Waals surface area contributed by atoms with E-state index in [-0.39, 0.29) is 24.2 Å². The summed E-state index contributed by atoms with van der Waals surface area (Å²) in [6.07, 6.45) is 5.86. The summed E-state index contributed by atoms with van der Waals surface area (Å²) in [4.78, 5) is 12.1. The molecule has 0 aromatic heterocycles. The number of benzene rings is 1. The Kier molecular flexibility index (Phi) is 9.56. The Hall–Kier alpha value is -0.910. The van der Waals surface area contributed by atoms with E-state index in [1.165, 1.54) is 19.3 Å². The fraction of sp³-hybridized carbons (Fsp3) is 0.611. The summed E-state index contributed by atoms with van der Waals surface area (Å²) in [5.74, 6) is 0.505. The van der Waals surface area contributed by atoms with Gasteiger partial charge < -0.3 is 10.6 Å². The average molecular weight is 373 g/mol. The van der Waals surface area contributed by atoms with E-state index in [1.807, 2.05) is 38.2 Å². The number of halogens is 1. The van der Waals surface area contributed by atoms with Gasteiger partial charge in [-0.15, -0.1) is 12.4 Å². The molecule has 1 aromatic rings. The van der Waals surface area contributed by atoms with Crippen LogP contribution in [0.1, 0.15) is 44.6 Å². The van der Waals surface area contributed by atoms with E-state index in [1.54, 1.807) is 0 Å². The van der Waals surface area contributed by atoms with Gasteiger partial charge in [0, 0.05) is 40.0 Å². The minimum Gasteiger partial charge on any atom is -0.326 e. The third-order valence-corrected chi connectivity index (χ3v) is 6.22. The van der Waals surface area contributed by atoms with Crippen molar-refractivity contribution in [3.05, 3.63) is 29.8 Å². The van der Waals surface area contributed by atoms with E-state index >= 15 is 0 Å². The van der Waals surface area contributed by atoms with E-state index in [2.05, 4.69) is 10.6 Å². The molecule has 2 unspecified atom stereocenters. The van der Waals surface area contributed by atoms with Crippen molar-refractivity contribution in [2.24, 2.45) is 5.92 Å². The van der Waals surface area contributed by atoms with Crippen molar-refractivity contribution in [3.63, 3.8) is 0 Å². The molecule has 0 spiro atoms. The van der Waals surface area contributed by atoms with E-state index in [0.717, 1.165) is 24.1 Å². The lowest BCUT2D eigenvalue weighted by atomic mass is 10.0. The van der Waals surface area contributed by atoms with Crippen LogP contribution in [-0.2, 0) is 21.3 Å². The summed E-state index contributed by atoms with van der Waals surface area (Å²) in [6, 6.07) is 7.75. The molecule has 1 aliphatic rings. The van der Waals surface area contributed by atoms with Crippen LogP contribution in [0.2, 0.25) is 0 Å². The molecule has 0 heterocycles. The average Bonchev–Trinajstić information content (AvgIpc) is 2.56. The highest BCUT2D eigenvalue weighted by Gasteiger charge is 2.20. The van der Waals surface area contributed by atoms with Crippen LogP contribution in [0.15, 0.2) is 24.3 Å². The van der Waals surface area contributed by atoms with Gasteiger partial charge >= 0.3 is 0 Å². The molecule has 0 bridgehead atoms. The number of nitrogens with one attached hydrogen (secondary N) is 2. The van der Waals surface area contributed by atoms with E-state index in [0.29, 0.717) is 17.5 Å². The minimum atomic E-state index is -0.813. The first kappa shape index (κ1) is 21.1. The van der Waals surface area contributed by atoms with E-state index < -0.39 is 10.8 Å². The Balaban J connectivity index is 0.00000288. The molecule has 1 saturated carbocycles. The van der Waals surface area contributed by atoms with Crippen LogP contribution < -0.4 is 10.6 Å². The summed E-state index contributed by atoms with van der Waals surface area (Å²) >= 11 is 0. The largest absolute Gasteiger partial charge is 0.326 e. The zero-order chi connectivity index (χ0) is 16.7. The molecule has 136 valence electrons. The van der Waals surface area contributed by atoms with Gasteiger partial charge in [-0.2, -0.15) is 0 Å². The van der Waals surface area contributed by atoms with Crippen molar-refractivity contribution in [2.45, 2.75) is 50.0 Å². The van der Waals surface area contributed by atoms with Gasteiger partial charge in [0.05, 0.1) is 0 Å². The molecular formula is C18H29ClN2O2S. The van der Waals surface area contributed by atoms with Crippen LogP contribution in [0.4, 0.5) is 5.69 Å². The van der Waals surface area contributed by atoms with E-state index in [9.17, 15) is 9.00 Å². The Morgan fingerprint density at radius 1 is 1.29 bits per heavy atom. The first-order chi connectivity index (χ1) is 11.1. The molecule has 1 amide bonds. The highest BCUT2D eigenvalue weighted by atomic mass is 35.5. The molecule has 1 fully saturated rings. The van der Waals surface area contributed by atoms with Gasteiger partial charge in [0.1, 0.15) is 0 Å². The molecule has 1 aliphatic carbocycles. The number of hydrogen-bond donors (Lipinski definition) is 2. The second-order valence-electron chi connectivity index (χ2n) is 6.43. The number of amides is 1. The molecule has 24 heavy (non-hydrogen) atoms. The third-order valence-electron chi connectivity index (χ3n) is 4.39. The molecule has 2 rings (SSSR count). The van der Waals surface area contributed by atoms with Gasteiger partial charge in [-0.25, -0.2) is 0 Å². The Morgan fingerprint density at radius 3 is 2.67 bits per heavy atom. The predicted octanol–water partition coefficient (Wildman–Crippen LogP) is 3.48. The Bertz CT molecular complexity index is 548. The molecule has 2 N–H and O–H groups in total. The number of carbonyl (C=O) groups is 1. The zero-order valence-corrected chi connectivity index (χ0v) is 16.2. The van der Waals surface area contributed by atoms with Crippen molar-refractivity contribution in [1.29, 1.82) is 0 Å². The molecule has 0 saturated heterocycles. The van der Waals surface area contributed by atoms with Crippen molar-refractivity contribution in [2.75, 3.05) is 18.9 Å². The summed E-state index contributed by atoms with van der Waals surface area (Å²) in [5.41, 5.74) is 1.82. The Labute approximate surface area is 154 Å². The fourth-order valence-electron chi connectivity index (χ4n) is 3.01. The molecular weight excluding hydrogens is 344 g/mol. The van der Waals surface area contributed by atoms with Crippen LogP contribution in [0.5, 0.6) is 0 Å². The molecule has 2 atom stereocenters. The zero-order valence-electron chi connectivity index (χ0n) is 14.5. The molecule has 6 heteroatoms. The first-order valence-electron chi connectivity index (χ1n) is 8.51. The van der Waals surface area contributed by atoms with Crippen LogP contribution in [0.25, 0.3) is 0 Å². The lowest BCUT2D eigenvalue weighted by molar-refractivity contribution is -0.119. The molecule has 1 aromatic carbocycles. The second kappa shape index (κ2) is 10.9. The number of carbonyl (C=O) groups excluding carboxylic acids is 1. The number of hydrogen-bond acceptors (Lipinski definition) is 3. The van der Waals surface area contributed by atoms with Crippen LogP contribution in [0.3, 0.4) is 0 Å². The van der Waals surface area contributed by atoms with Crippen molar-refractivity contribution < 1.29 is 9.00 Å². The second-order valence-corrected chi connectivity index (χ2v) is 8.15. The van der Waals surface area contributed by atoms with Gasteiger partial charge in [-0.3, -0.25) is 9.00 Å². The SMILES string of the molecule is CNCC(C)C(=O)Nc1cccc(CS(=O)C2CCCCC2)c1.Cl. The number of rotatable bonds is 7. The maximum atomic E-state index is 12.5. The third kappa shape index (κ3) is 6.54. The standard InChI is InChI=1S/C18H28N2O2S.ClH/c1-14(12-19-2)18(21)20-16-8-6-7-15(11-16)13-23(22)17-9-4-3-5-10-17;/h6-8,11,14,17,19H,3-5,9-10,12-13H2,1-2H3,(H,20,21);1H. The minimum absolute atomic E-state index is 0. The first-order valence-corrected chi connectivity index (χ1v) is 9.90. The Morgan fingerprint density at radius 2 is 2.00 bits per heavy atom. The summed E-state index contributed by atoms with van der Waals surface area (Å²) in [7, 11) is 1.03. The lowest BCUT2D eigenvalue weighted by Crippen LogP contribution is -2.28. The molecule has 0 radical (unpaired) electrons. The quantitative estimate of drug-likeness (QED) is 0.770. The van der Waals surface area contributed by atoms with Gasteiger partial charge in [-0.05, 0) is 37.6 Å². The summed E-state index contributed by atoms with van der Waals surface area (Å²) in [5, 5.41) is 6.29. The van der Waals surface area contributed by atoms with E-state index in [4.69, 9.17) is 0 Å². The lowest BCUT2D eigenvalue weighted by Gasteiger charge is -2.21. The summed E-state index contributed by atoms with van der Waals surface area (Å²) < 4.78 is 12.5. The number of anilines is 1. The van der Waals surface area contributed by atoms with Crippen LogP contribution in [0, 0.1) is 5.92 Å². The van der Waals surface area contributed by atoms with Gasteiger partial charge in [0.2, 0.25) is 5.91 Å². The molecule has 0 aliphatic heterocycles. The van der Waals surface area contributed by atoms with Crippen LogP contribution in [-0.4, -0.2) is 29.0 Å². The highest BCUT2D eigenvalue weighted by molar-refractivity contribution is 7.84. The maximum absolute atomic E-state index is 12.5. The normalized spacial score (nSPS) is 17.6.